The van der Waals surface area contributed by atoms with E-state index in [4.69, 9.17) is 10.6 Å². The van der Waals surface area contributed by atoms with Gasteiger partial charge in [0.05, 0.1) is 29.9 Å². The second kappa shape index (κ2) is 11.3. The standard InChI is InChI=1S/C30H29N7OS/c1-19-26(27(22-11-7-5-8-12-22)28(32-19)23-13-9-6-10-14-23)20(2)33-36-30-37(31)21(3)29(39-30)35-34-24-15-17-25(38-4)18-16-24/h5-18,32H,31H2,1-4H3. The first kappa shape index (κ1) is 25.9. The average molecular weight is 536 g/mol. The highest BCUT2D eigenvalue weighted by Gasteiger charge is 2.20. The van der Waals surface area contributed by atoms with Crippen molar-refractivity contribution in [3.05, 3.63) is 107 Å². The fraction of sp³-hybridized carbons (Fsp3) is 0.133. The van der Waals surface area contributed by atoms with Crippen LogP contribution in [-0.4, -0.2) is 22.5 Å². The smallest absolute Gasteiger partial charge is 0.231 e. The predicted octanol–water partition coefficient (Wildman–Crippen LogP) is 7.29. The van der Waals surface area contributed by atoms with E-state index in [0.29, 0.717) is 15.5 Å². The molecule has 3 aromatic carbocycles. The molecule has 0 unspecified atom stereocenters. The zero-order valence-corrected chi connectivity index (χ0v) is 23.0. The molecule has 0 amide bonds. The number of aromatic amines is 1. The molecule has 0 aliphatic rings. The topological polar surface area (TPSA) is 105 Å². The maximum Gasteiger partial charge on any atom is 0.231 e. The lowest BCUT2D eigenvalue weighted by Crippen LogP contribution is -2.23. The van der Waals surface area contributed by atoms with Crippen LogP contribution in [0.15, 0.2) is 105 Å². The van der Waals surface area contributed by atoms with Gasteiger partial charge in [-0.1, -0.05) is 72.0 Å². The van der Waals surface area contributed by atoms with Crippen LogP contribution in [0.25, 0.3) is 22.4 Å². The molecular formula is C30H29N7OS. The number of nitrogens with one attached hydrogen (secondary N) is 1. The zero-order valence-electron chi connectivity index (χ0n) is 22.2. The van der Waals surface area contributed by atoms with Crippen LogP contribution in [0.5, 0.6) is 5.75 Å². The summed E-state index contributed by atoms with van der Waals surface area (Å²) >= 11 is 1.33. The van der Waals surface area contributed by atoms with Crippen molar-refractivity contribution >= 4 is 27.7 Å². The molecule has 196 valence electrons. The van der Waals surface area contributed by atoms with E-state index in [2.05, 4.69) is 56.6 Å². The number of thiazole rings is 1. The summed E-state index contributed by atoms with van der Waals surface area (Å²) in [4.78, 5) is 4.11. The fourth-order valence-electron chi connectivity index (χ4n) is 4.33. The van der Waals surface area contributed by atoms with Crippen LogP contribution >= 0.6 is 11.3 Å². The number of rotatable bonds is 7. The molecule has 0 spiro atoms. The molecule has 0 saturated carbocycles. The lowest BCUT2D eigenvalue weighted by atomic mass is 9.95. The number of hydrogen-bond acceptors (Lipinski definition) is 7. The Morgan fingerprint density at radius 1 is 0.872 bits per heavy atom. The molecule has 2 aromatic heterocycles. The number of nitrogens with two attached hydrogens (primary N) is 1. The molecule has 0 saturated heterocycles. The summed E-state index contributed by atoms with van der Waals surface area (Å²) in [5.74, 6) is 7.07. The molecule has 0 aliphatic heterocycles. The highest BCUT2D eigenvalue weighted by Crippen LogP contribution is 2.37. The van der Waals surface area contributed by atoms with Crippen LogP contribution in [0.1, 0.15) is 23.9 Å². The number of H-pyrrole nitrogens is 1. The van der Waals surface area contributed by atoms with Gasteiger partial charge in [-0.25, -0.2) is 4.68 Å². The normalized spacial score (nSPS) is 12.4. The van der Waals surface area contributed by atoms with Crippen LogP contribution in [-0.2, 0) is 0 Å². The van der Waals surface area contributed by atoms with Crippen LogP contribution in [0.4, 0.5) is 10.7 Å². The van der Waals surface area contributed by atoms with Gasteiger partial charge in [-0.05, 0) is 56.2 Å². The summed E-state index contributed by atoms with van der Waals surface area (Å²) in [5.41, 5.74) is 8.61. The Bertz CT molecular complexity index is 1710. The summed E-state index contributed by atoms with van der Waals surface area (Å²) in [7, 11) is 1.63. The highest BCUT2D eigenvalue weighted by molar-refractivity contribution is 7.13. The average Bonchev–Trinajstić information content (AvgIpc) is 3.47. The van der Waals surface area contributed by atoms with E-state index >= 15 is 0 Å². The van der Waals surface area contributed by atoms with Crippen LogP contribution in [0.3, 0.4) is 0 Å². The van der Waals surface area contributed by atoms with Gasteiger partial charge in [0.15, 0.2) is 5.00 Å². The van der Waals surface area contributed by atoms with Crippen molar-refractivity contribution in [3.8, 4) is 28.1 Å². The Labute approximate surface area is 230 Å². The molecule has 5 rings (SSSR count). The number of aryl methyl sites for hydroxylation is 1. The van der Waals surface area contributed by atoms with Crippen molar-refractivity contribution in [1.82, 2.24) is 9.66 Å². The number of hydrogen-bond donors (Lipinski definition) is 2. The van der Waals surface area contributed by atoms with Crippen molar-refractivity contribution in [2.75, 3.05) is 13.0 Å². The van der Waals surface area contributed by atoms with Crippen LogP contribution in [0, 0.1) is 13.8 Å². The Kier molecular flexibility index (Phi) is 7.51. The van der Waals surface area contributed by atoms with E-state index in [-0.39, 0.29) is 0 Å². The quantitative estimate of drug-likeness (QED) is 0.0988. The summed E-state index contributed by atoms with van der Waals surface area (Å²) in [5, 5.41) is 18.5. The monoisotopic (exact) mass is 535 g/mol. The fourth-order valence-corrected chi connectivity index (χ4v) is 5.15. The number of methoxy groups -OCH3 is 1. The Balaban J connectivity index is 1.53. The van der Waals surface area contributed by atoms with E-state index in [1.165, 1.54) is 16.0 Å². The number of benzene rings is 3. The summed E-state index contributed by atoms with van der Waals surface area (Å²) in [6.45, 7) is 5.90. The molecule has 5 aromatic rings. The lowest BCUT2D eigenvalue weighted by molar-refractivity contribution is 0.415. The molecule has 0 bridgehead atoms. The first-order chi connectivity index (χ1) is 19.0. The number of nitrogen functional groups attached to an aromatic ring is 1. The highest BCUT2D eigenvalue weighted by atomic mass is 32.1. The number of nitrogens with zero attached hydrogens (tertiary/aromatic N) is 5. The SMILES string of the molecule is COc1ccc(N=Nc2sc(=NN=C(C)c3c(C)[nH]c(-c4ccccc4)c3-c3ccccc3)n(N)c2C)cc1. The van der Waals surface area contributed by atoms with Gasteiger partial charge in [-0.2, -0.15) is 5.10 Å². The Morgan fingerprint density at radius 3 is 2.15 bits per heavy atom. The minimum atomic E-state index is 0.522. The van der Waals surface area contributed by atoms with Crippen molar-refractivity contribution in [1.29, 1.82) is 0 Å². The van der Waals surface area contributed by atoms with E-state index < -0.39 is 0 Å². The lowest BCUT2D eigenvalue weighted by Gasteiger charge is -2.08. The van der Waals surface area contributed by atoms with Gasteiger partial charge < -0.3 is 15.6 Å². The van der Waals surface area contributed by atoms with Gasteiger partial charge in [0.25, 0.3) is 0 Å². The number of ether oxygens (including phenoxy) is 1. The van der Waals surface area contributed by atoms with Gasteiger partial charge in [0.1, 0.15) is 5.75 Å². The van der Waals surface area contributed by atoms with E-state index in [1.54, 1.807) is 7.11 Å². The van der Waals surface area contributed by atoms with Gasteiger partial charge >= 0.3 is 0 Å². The molecule has 0 aliphatic carbocycles. The Morgan fingerprint density at radius 2 is 1.51 bits per heavy atom. The summed E-state index contributed by atoms with van der Waals surface area (Å²) in [6, 6.07) is 28.0. The van der Waals surface area contributed by atoms with Crippen molar-refractivity contribution in [3.63, 3.8) is 0 Å². The second-order valence-corrected chi connectivity index (χ2v) is 9.89. The van der Waals surface area contributed by atoms with Crippen LogP contribution in [0.2, 0.25) is 0 Å². The summed E-state index contributed by atoms with van der Waals surface area (Å²) < 4.78 is 6.68. The zero-order chi connectivity index (χ0) is 27.4. The minimum Gasteiger partial charge on any atom is -0.497 e. The largest absolute Gasteiger partial charge is 0.497 e. The molecule has 2 heterocycles. The van der Waals surface area contributed by atoms with Crippen LogP contribution < -0.4 is 15.4 Å². The Hall–Kier alpha value is -4.76. The third kappa shape index (κ3) is 5.44. The van der Waals surface area contributed by atoms with Gasteiger partial charge in [0, 0.05) is 16.8 Å². The number of azo groups is 1. The second-order valence-electron chi connectivity index (χ2n) is 8.94. The van der Waals surface area contributed by atoms with Gasteiger partial charge in [-0.15, -0.1) is 15.3 Å². The third-order valence-electron chi connectivity index (χ3n) is 6.35. The van der Waals surface area contributed by atoms with Crippen molar-refractivity contribution in [2.24, 2.45) is 20.4 Å². The molecule has 0 radical (unpaired) electrons. The maximum atomic E-state index is 6.31. The van der Waals surface area contributed by atoms with Crippen molar-refractivity contribution in [2.45, 2.75) is 20.8 Å². The van der Waals surface area contributed by atoms with E-state index in [1.807, 2.05) is 74.5 Å². The van der Waals surface area contributed by atoms with E-state index in [9.17, 15) is 0 Å². The molecule has 9 heteroatoms. The maximum absolute atomic E-state index is 6.31. The molecule has 0 fully saturated rings. The molecular weight excluding hydrogens is 506 g/mol. The minimum absolute atomic E-state index is 0.522. The third-order valence-corrected chi connectivity index (χ3v) is 7.38. The van der Waals surface area contributed by atoms with Crippen molar-refractivity contribution < 1.29 is 4.74 Å². The van der Waals surface area contributed by atoms with Gasteiger partial charge in [-0.3, -0.25) is 0 Å². The molecule has 8 nitrogen and oxygen atoms in total. The van der Waals surface area contributed by atoms with E-state index in [0.717, 1.165) is 50.8 Å². The number of aromatic nitrogens is 2. The first-order valence-corrected chi connectivity index (χ1v) is 13.2. The first-order valence-electron chi connectivity index (χ1n) is 12.4. The molecule has 3 N–H and O–H groups in total. The van der Waals surface area contributed by atoms with Gasteiger partial charge in [0.2, 0.25) is 4.80 Å². The molecule has 39 heavy (non-hydrogen) atoms. The predicted molar refractivity (Wildman–Crippen MR) is 159 cm³/mol. The summed E-state index contributed by atoms with van der Waals surface area (Å²) in [6.07, 6.45) is 0. The molecule has 0 atom stereocenters.